The van der Waals surface area contributed by atoms with Crippen LogP contribution in [0.15, 0.2) is 53.1 Å². The summed E-state index contributed by atoms with van der Waals surface area (Å²) in [5.41, 5.74) is 1.35. The van der Waals surface area contributed by atoms with Crippen LogP contribution in [0.5, 0.6) is 0 Å². The van der Waals surface area contributed by atoms with Crippen LogP contribution in [0.4, 0.5) is 0 Å². The average Bonchev–Trinajstić information content (AvgIpc) is 2.88. The van der Waals surface area contributed by atoms with Gasteiger partial charge in [0.2, 0.25) is 0 Å². The van der Waals surface area contributed by atoms with E-state index in [-0.39, 0.29) is 0 Å². The van der Waals surface area contributed by atoms with Crippen LogP contribution in [0, 0.1) is 0 Å². The van der Waals surface area contributed by atoms with Crippen LogP contribution in [-0.2, 0) is 6.54 Å². The molecule has 1 N–H and O–H groups in total. The van der Waals surface area contributed by atoms with E-state index in [0.29, 0.717) is 6.04 Å². The molecule has 0 unspecified atom stereocenters. The van der Waals surface area contributed by atoms with Gasteiger partial charge in [0.25, 0.3) is 0 Å². The number of furan rings is 1. The zero-order chi connectivity index (χ0) is 11.9. The van der Waals surface area contributed by atoms with Crippen LogP contribution in [0.1, 0.15) is 37.1 Å². The second kappa shape index (κ2) is 6.26. The summed E-state index contributed by atoms with van der Waals surface area (Å²) in [4.78, 5) is 0. The van der Waals surface area contributed by atoms with E-state index in [9.17, 15) is 0 Å². The highest BCUT2D eigenvalue weighted by atomic mass is 16.3. The Morgan fingerprint density at radius 2 is 1.94 bits per heavy atom. The van der Waals surface area contributed by atoms with Gasteiger partial charge >= 0.3 is 0 Å². The van der Waals surface area contributed by atoms with Gasteiger partial charge in [-0.2, -0.15) is 0 Å². The molecule has 2 aromatic rings. The monoisotopic (exact) mass is 229 g/mol. The molecule has 0 aliphatic heterocycles. The SMILES string of the molecule is CCC[C@H](NCc1ccco1)c1ccccc1. The largest absolute Gasteiger partial charge is 0.468 e. The van der Waals surface area contributed by atoms with Crippen LogP contribution in [0.25, 0.3) is 0 Å². The molecule has 0 spiro atoms. The number of hydrogen-bond donors (Lipinski definition) is 1. The van der Waals surface area contributed by atoms with Gasteiger partial charge < -0.3 is 9.73 Å². The quantitative estimate of drug-likeness (QED) is 0.812. The van der Waals surface area contributed by atoms with Gasteiger partial charge in [-0.15, -0.1) is 0 Å². The summed E-state index contributed by atoms with van der Waals surface area (Å²) in [6, 6.07) is 14.9. The molecule has 17 heavy (non-hydrogen) atoms. The van der Waals surface area contributed by atoms with Crippen molar-refractivity contribution in [1.29, 1.82) is 0 Å². The Hall–Kier alpha value is -1.54. The van der Waals surface area contributed by atoms with Gasteiger partial charge in [0.1, 0.15) is 5.76 Å². The van der Waals surface area contributed by atoms with Crippen molar-refractivity contribution in [3.63, 3.8) is 0 Å². The third-order valence-electron chi connectivity index (χ3n) is 2.88. The van der Waals surface area contributed by atoms with Crippen LogP contribution < -0.4 is 5.32 Å². The number of rotatable bonds is 6. The summed E-state index contributed by atoms with van der Waals surface area (Å²) >= 11 is 0. The lowest BCUT2D eigenvalue weighted by Crippen LogP contribution is -2.20. The lowest BCUT2D eigenvalue weighted by Gasteiger charge is -2.17. The highest BCUT2D eigenvalue weighted by Crippen LogP contribution is 2.18. The predicted molar refractivity (Wildman–Crippen MR) is 69.6 cm³/mol. The molecule has 0 saturated heterocycles. The van der Waals surface area contributed by atoms with Crippen LogP contribution in [0.3, 0.4) is 0 Å². The third-order valence-corrected chi connectivity index (χ3v) is 2.88. The molecule has 0 bridgehead atoms. The summed E-state index contributed by atoms with van der Waals surface area (Å²) in [5, 5.41) is 3.55. The molecule has 2 heteroatoms. The minimum atomic E-state index is 0.409. The summed E-state index contributed by atoms with van der Waals surface area (Å²) in [6.07, 6.45) is 4.03. The van der Waals surface area contributed by atoms with Crippen molar-refractivity contribution in [3.05, 3.63) is 60.1 Å². The highest BCUT2D eigenvalue weighted by Gasteiger charge is 2.09. The Balaban J connectivity index is 1.98. The Labute approximate surface area is 103 Å². The van der Waals surface area contributed by atoms with E-state index in [2.05, 4.69) is 42.6 Å². The van der Waals surface area contributed by atoms with Crippen molar-refractivity contribution in [2.75, 3.05) is 0 Å². The molecule has 2 nitrogen and oxygen atoms in total. The maximum absolute atomic E-state index is 5.34. The highest BCUT2D eigenvalue weighted by molar-refractivity contribution is 5.19. The standard InChI is InChI=1S/C15H19NO/c1-2-7-15(13-8-4-3-5-9-13)16-12-14-10-6-11-17-14/h3-6,8-11,15-16H,2,7,12H2,1H3/t15-/m0/s1. The molecule has 1 heterocycles. The lowest BCUT2D eigenvalue weighted by atomic mass is 10.0. The van der Waals surface area contributed by atoms with Crippen LogP contribution in [0.2, 0.25) is 0 Å². The van der Waals surface area contributed by atoms with Crippen molar-refractivity contribution in [3.8, 4) is 0 Å². The molecule has 0 fully saturated rings. The number of nitrogens with one attached hydrogen (secondary N) is 1. The summed E-state index contributed by atoms with van der Waals surface area (Å²) in [6.45, 7) is 3.00. The summed E-state index contributed by atoms with van der Waals surface area (Å²) in [5.74, 6) is 0.988. The smallest absolute Gasteiger partial charge is 0.117 e. The van der Waals surface area contributed by atoms with Gasteiger partial charge in [0.05, 0.1) is 12.8 Å². The predicted octanol–water partition coefficient (Wildman–Crippen LogP) is 3.91. The number of benzene rings is 1. The van der Waals surface area contributed by atoms with E-state index >= 15 is 0 Å². The fourth-order valence-corrected chi connectivity index (χ4v) is 2.00. The first-order valence-electron chi connectivity index (χ1n) is 6.21. The fourth-order valence-electron chi connectivity index (χ4n) is 2.00. The first-order chi connectivity index (χ1) is 8.40. The Kier molecular flexibility index (Phi) is 4.39. The Morgan fingerprint density at radius 1 is 1.12 bits per heavy atom. The van der Waals surface area contributed by atoms with Crippen molar-refractivity contribution < 1.29 is 4.42 Å². The molecule has 0 amide bonds. The van der Waals surface area contributed by atoms with E-state index < -0.39 is 0 Å². The molecule has 0 saturated carbocycles. The molecule has 90 valence electrons. The van der Waals surface area contributed by atoms with E-state index in [4.69, 9.17) is 4.42 Å². The van der Waals surface area contributed by atoms with Gasteiger partial charge in [-0.3, -0.25) is 0 Å². The molecule has 1 aromatic heterocycles. The molecule has 2 rings (SSSR count). The maximum Gasteiger partial charge on any atom is 0.117 e. The van der Waals surface area contributed by atoms with Gasteiger partial charge in [-0.25, -0.2) is 0 Å². The van der Waals surface area contributed by atoms with Crippen molar-refractivity contribution >= 4 is 0 Å². The molecular formula is C15H19NO. The number of hydrogen-bond acceptors (Lipinski definition) is 2. The minimum absolute atomic E-state index is 0.409. The van der Waals surface area contributed by atoms with E-state index in [1.165, 1.54) is 12.0 Å². The topological polar surface area (TPSA) is 25.2 Å². The Bertz CT molecular complexity index is 408. The van der Waals surface area contributed by atoms with E-state index in [1.807, 2.05) is 12.1 Å². The minimum Gasteiger partial charge on any atom is -0.468 e. The third kappa shape index (κ3) is 3.46. The van der Waals surface area contributed by atoms with E-state index in [0.717, 1.165) is 18.7 Å². The average molecular weight is 229 g/mol. The molecular weight excluding hydrogens is 210 g/mol. The van der Waals surface area contributed by atoms with Crippen LogP contribution in [-0.4, -0.2) is 0 Å². The van der Waals surface area contributed by atoms with Crippen molar-refractivity contribution in [2.45, 2.75) is 32.4 Å². The van der Waals surface area contributed by atoms with Crippen molar-refractivity contribution in [2.24, 2.45) is 0 Å². The zero-order valence-electron chi connectivity index (χ0n) is 10.2. The molecule has 1 aromatic carbocycles. The fraction of sp³-hybridized carbons (Fsp3) is 0.333. The first-order valence-corrected chi connectivity index (χ1v) is 6.21. The van der Waals surface area contributed by atoms with Gasteiger partial charge in [0, 0.05) is 6.04 Å². The normalized spacial score (nSPS) is 12.5. The summed E-state index contributed by atoms with van der Waals surface area (Å²) in [7, 11) is 0. The second-order valence-electron chi connectivity index (χ2n) is 4.21. The lowest BCUT2D eigenvalue weighted by molar-refractivity contribution is 0.434. The first kappa shape index (κ1) is 11.9. The van der Waals surface area contributed by atoms with Gasteiger partial charge in [-0.05, 0) is 24.1 Å². The second-order valence-corrected chi connectivity index (χ2v) is 4.21. The van der Waals surface area contributed by atoms with E-state index in [1.54, 1.807) is 6.26 Å². The zero-order valence-corrected chi connectivity index (χ0v) is 10.2. The Morgan fingerprint density at radius 3 is 2.59 bits per heavy atom. The van der Waals surface area contributed by atoms with Gasteiger partial charge in [-0.1, -0.05) is 43.7 Å². The van der Waals surface area contributed by atoms with Crippen molar-refractivity contribution in [1.82, 2.24) is 5.32 Å². The van der Waals surface area contributed by atoms with Crippen LogP contribution >= 0.6 is 0 Å². The molecule has 1 atom stereocenters. The van der Waals surface area contributed by atoms with Gasteiger partial charge in [0.15, 0.2) is 0 Å². The molecule has 0 aliphatic rings. The maximum atomic E-state index is 5.34. The molecule has 0 aliphatic carbocycles. The molecule has 0 radical (unpaired) electrons. The summed E-state index contributed by atoms with van der Waals surface area (Å²) < 4.78 is 5.34.